The van der Waals surface area contributed by atoms with Gasteiger partial charge in [-0.15, -0.1) is 0 Å². The molecule has 0 saturated heterocycles. The van der Waals surface area contributed by atoms with Crippen molar-refractivity contribution in [3.8, 4) is 5.69 Å². The van der Waals surface area contributed by atoms with Gasteiger partial charge in [-0.25, -0.2) is 0 Å². The molecule has 0 atom stereocenters. The third kappa shape index (κ3) is 1.94. The van der Waals surface area contributed by atoms with E-state index < -0.39 is 0 Å². The van der Waals surface area contributed by atoms with Gasteiger partial charge in [0.15, 0.2) is 0 Å². The fourth-order valence-electron chi connectivity index (χ4n) is 3.53. The Labute approximate surface area is 151 Å². The Morgan fingerprint density at radius 3 is 2.04 bits per heavy atom. The first kappa shape index (κ1) is 14.5. The minimum absolute atomic E-state index is 0.0343. The molecule has 0 spiro atoms. The van der Waals surface area contributed by atoms with E-state index in [1.54, 1.807) is 4.57 Å². The van der Waals surface area contributed by atoms with Crippen molar-refractivity contribution in [3.63, 3.8) is 0 Å². The first-order valence-electron chi connectivity index (χ1n) is 8.05. The maximum Gasteiger partial charge on any atom is 0.281 e. The van der Waals surface area contributed by atoms with Crippen LogP contribution in [0.15, 0.2) is 88.1 Å². The second kappa shape index (κ2) is 5.33. The summed E-state index contributed by atoms with van der Waals surface area (Å²) < 4.78 is 4.67. The van der Waals surface area contributed by atoms with Crippen LogP contribution in [0.5, 0.6) is 0 Å². The van der Waals surface area contributed by atoms with Gasteiger partial charge < -0.3 is 4.40 Å². The van der Waals surface area contributed by atoms with Crippen LogP contribution in [0.3, 0.4) is 0 Å². The molecule has 0 aliphatic rings. The van der Waals surface area contributed by atoms with E-state index >= 15 is 0 Å². The lowest BCUT2D eigenvalue weighted by molar-refractivity contribution is 1.03. The third-order valence-electron chi connectivity index (χ3n) is 4.60. The molecule has 0 N–H and O–H groups in total. The number of rotatable bonds is 1. The van der Waals surface area contributed by atoms with Crippen LogP contribution in [-0.4, -0.2) is 8.97 Å². The van der Waals surface area contributed by atoms with E-state index in [9.17, 15) is 4.79 Å². The maximum absolute atomic E-state index is 13.4. The highest BCUT2D eigenvalue weighted by Crippen LogP contribution is 2.32. The number of fused-ring (bicyclic) bond motifs is 5. The van der Waals surface area contributed by atoms with Crippen molar-refractivity contribution in [3.05, 3.63) is 93.7 Å². The van der Waals surface area contributed by atoms with Crippen molar-refractivity contribution < 1.29 is 0 Å². The molecule has 120 valence electrons. The zero-order valence-corrected chi connectivity index (χ0v) is 14.8. The third-order valence-corrected chi connectivity index (χ3v) is 5.40. The van der Waals surface area contributed by atoms with Crippen molar-refractivity contribution in [2.45, 2.75) is 0 Å². The second-order valence-corrected chi connectivity index (χ2v) is 6.77. The molecule has 0 bridgehead atoms. The molecule has 0 aliphatic heterocycles. The van der Waals surface area contributed by atoms with Gasteiger partial charge in [0.25, 0.3) is 5.56 Å². The topological polar surface area (TPSA) is 26.4 Å². The monoisotopic (exact) mass is 388 g/mol. The van der Waals surface area contributed by atoms with E-state index in [1.165, 1.54) is 0 Å². The van der Waals surface area contributed by atoms with Crippen LogP contribution in [0.4, 0.5) is 0 Å². The molecule has 25 heavy (non-hydrogen) atoms. The summed E-state index contributed by atoms with van der Waals surface area (Å²) in [6, 6.07) is 25.9. The molecule has 3 aromatic carbocycles. The molecule has 0 aliphatic carbocycles. The number of halogens is 1. The molecular weight excluding hydrogens is 376 g/mol. The lowest BCUT2D eigenvalue weighted by Gasteiger charge is -2.13. The summed E-state index contributed by atoms with van der Waals surface area (Å²) in [7, 11) is 0. The van der Waals surface area contributed by atoms with Crippen molar-refractivity contribution in [2.24, 2.45) is 0 Å². The fourth-order valence-corrected chi connectivity index (χ4v) is 4.21. The zero-order chi connectivity index (χ0) is 17.0. The first-order valence-corrected chi connectivity index (χ1v) is 8.84. The van der Waals surface area contributed by atoms with E-state index in [0.717, 1.165) is 32.1 Å². The standard InChI is InChI=1S/C21H13BrN2O/c22-19-15-10-4-5-11-16(15)24-18-13-7-6-12-17(18)23(21(25)20(19)24)14-8-2-1-3-9-14/h1-13H. The van der Waals surface area contributed by atoms with Crippen molar-refractivity contribution in [1.82, 2.24) is 8.97 Å². The van der Waals surface area contributed by atoms with Gasteiger partial charge in [-0.1, -0.05) is 48.5 Å². The van der Waals surface area contributed by atoms with Crippen molar-refractivity contribution in [2.75, 3.05) is 0 Å². The Morgan fingerprint density at radius 1 is 0.680 bits per heavy atom. The second-order valence-electron chi connectivity index (χ2n) is 5.98. The molecule has 0 unspecified atom stereocenters. The smallest absolute Gasteiger partial charge is 0.281 e. The van der Waals surface area contributed by atoms with Crippen LogP contribution < -0.4 is 5.56 Å². The molecular formula is C21H13BrN2O. The number of nitrogens with zero attached hydrogens (tertiary/aromatic N) is 2. The first-order chi connectivity index (χ1) is 12.3. The van der Waals surface area contributed by atoms with Crippen molar-refractivity contribution in [1.29, 1.82) is 0 Å². The van der Waals surface area contributed by atoms with Gasteiger partial charge in [0, 0.05) is 11.1 Å². The summed E-state index contributed by atoms with van der Waals surface area (Å²) in [5.74, 6) is 0. The highest BCUT2D eigenvalue weighted by Gasteiger charge is 2.18. The summed E-state index contributed by atoms with van der Waals surface area (Å²) in [5.41, 5.74) is 4.40. The highest BCUT2D eigenvalue weighted by atomic mass is 79.9. The molecule has 0 amide bonds. The molecule has 0 fully saturated rings. The van der Waals surface area contributed by atoms with Gasteiger partial charge >= 0.3 is 0 Å². The molecule has 5 aromatic rings. The minimum atomic E-state index is -0.0343. The number of para-hydroxylation sites is 4. The molecule has 0 radical (unpaired) electrons. The number of hydrogen-bond acceptors (Lipinski definition) is 1. The van der Waals surface area contributed by atoms with E-state index in [-0.39, 0.29) is 5.56 Å². The van der Waals surface area contributed by atoms with Crippen LogP contribution in [0.2, 0.25) is 0 Å². The average molecular weight is 389 g/mol. The van der Waals surface area contributed by atoms with E-state index in [4.69, 9.17) is 0 Å². The summed E-state index contributed by atoms with van der Waals surface area (Å²) in [5, 5.41) is 1.04. The lowest BCUT2D eigenvalue weighted by atomic mass is 10.2. The maximum atomic E-state index is 13.4. The zero-order valence-electron chi connectivity index (χ0n) is 13.2. The summed E-state index contributed by atoms with van der Waals surface area (Å²) in [6.45, 7) is 0. The number of benzene rings is 3. The highest BCUT2D eigenvalue weighted by molar-refractivity contribution is 9.10. The Morgan fingerprint density at radius 2 is 1.28 bits per heavy atom. The Balaban J connectivity index is 2.13. The minimum Gasteiger partial charge on any atom is -0.302 e. The van der Waals surface area contributed by atoms with E-state index in [1.807, 2.05) is 72.8 Å². The number of aromatic nitrogens is 2. The van der Waals surface area contributed by atoms with Gasteiger partial charge in [0.1, 0.15) is 5.52 Å². The molecule has 4 heteroatoms. The van der Waals surface area contributed by atoms with Crippen LogP contribution >= 0.6 is 15.9 Å². The van der Waals surface area contributed by atoms with Crippen molar-refractivity contribution >= 4 is 43.4 Å². The van der Waals surface area contributed by atoms with Crippen LogP contribution in [0, 0.1) is 0 Å². The van der Waals surface area contributed by atoms with Gasteiger partial charge in [0.2, 0.25) is 0 Å². The van der Waals surface area contributed by atoms with Crippen LogP contribution in [0.1, 0.15) is 0 Å². The Hall–Kier alpha value is -2.85. The molecule has 3 nitrogen and oxygen atoms in total. The van der Waals surface area contributed by atoms with Gasteiger partial charge in [-0.2, -0.15) is 0 Å². The quantitative estimate of drug-likeness (QED) is 0.389. The van der Waals surface area contributed by atoms with E-state index in [2.05, 4.69) is 26.4 Å². The Kier molecular flexibility index (Phi) is 3.09. The average Bonchev–Trinajstić information content (AvgIpc) is 2.97. The van der Waals surface area contributed by atoms with Gasteiger partial charge in [-0.3, -0.25) is 9.36 Å². The summed E-state index contributed by atoms with van der Waals surface area (Å²) in [6.07, 6.45) is 0. The van der Waals surface area contributed by atoms with Crippen LogP contribution in [0.25, 0.3) is 33.1 Å². The summed E-state index contributed by atoms with van der Waals surface area (Å²) in [4.78, 5) is 13.4. The predicted molar refractivity (Wildman–Crippen MR) is 106 cm³/mol. The molecule has 2 heterocycles. The fraction of sp³-hybridized carbons (Fsp3) is 0. The molecule has 5 rings (SSSR count). The van der Waals surface area contributed by atoms with Crippen LogP contribution in [-0.2, 0) is 0 Å². The SMILES string of the molecule is O=c1c2c(Br)c3ccccc3n2c2ccccc2n1-c1ccccc1. The van der Waals surface area contributed by atoms with E-state index in [0.29, 0.717) is 5.52 Å². The Bertz CT molecular complexity index is 1320. The van der Waals surface area contributed by atoms with Gasteiger partial charge in [-0.05, 0) is 46.3 Å². The predicted octanol–water partition coefficient (Wildman–Crippen LogP) is 5.16. The largest absolute Gasteiger partial charge is 0.302 e. The summed E-state index contributed by atoms with van der Waals surface area (Å²) >= 11 is 3.66. The number of hydrogen-bond donors (Lipinski definition) is 0. The van der Waals surface area contributed by atoms with Gasteiger partial charge in [0.05, 0.1) is 21.0 Å². The molecule has 2 aromatic heterocycles. The lowest BCUT2D eigenvalue weighted by Crippen LogP contribution is -2.21. The molecule has 0 saturated carbocycles. The normalized spacial score (nSPS) is 11.6.